The second kappa shape index (κ2) is 2.87. The minimum atomic E-state index is -0.380. The molecule has 66 valence electrons. The van der Waals surface area contributed by atoms with Crippen LogP contribution in [0.4, 0.5) is 0 Å². The lowest BCUT2D eigenvalue weighted by molar-refractivity contribution is 0.897. The van der Waals surface area contributed by atoms with E-state index in [0.29, 0.717) is 10.2 Å². The highest BCUT2D eigenvalue weighted by molar-refractivity contribution is 6.34. The first-order valence-corrected chi connectivity index (χ1v) is 4.66. The fourth-order valence-electron chi connectivity index (χ4n) is 1.33. The average Bonchev–Trinajstić information content (AvgIpc) is 2.85. The number of aromatic nitrogens is 1. The van der Waals surface area contributed by atoms with Crippen molar-refractivity contribution in [3.63, 3.8) is 0 Å². The maximum Gasteiger partial charge on any atom is 0.130 e. The van der Waals surface area contributed by atoms with E-state index in [4.69, 9.17) is 28.5 Å². The molecule has 0 spiro atoms. The van der Waals surface area contributed by atoms with Crippen LogP contribution in [0.1, 0.15) is 18.4 Å². The van der Waals surface area contributed by atoms with Crippen molar-refractivity contribution in [3.8, 4) is 6.07 Å². The van der Waals surface area contributed by atoms with Gasteiger partial charge in [0.25, 0.3) is 0 Å². The van der Waals surface area contributed by atoms with Crippen molar-refractivity contribution in [2.75, 3.05) is 0 Å². The largest absolute Gasteiger partial charge is 0.244 e. The lowest BCUT2D eigenvalue weighted by Crippen LogP contribution is -2.03. The minimum Gasteiger partial charge on any atom is -0.244 e. The molecule has 4 heteroatoms. The number of nitrogens with zero attached hydrogens (tertiary/aromatic N) is 2. The highest BCUT2D eigenvalue weighted by Gasteiger charge is 2.46. The van der Waals surface area contributed by atoms with Gasteiger partial charge >= 0.3 is 0 Å². The zero-order valence-electron chi connectivity index (χ0n) is 6.72. The number of rotatable bonds is 1. The van der Waals surface area contributed by atoms with Crippen molar-refractivity contribution < 1.29 is 0 Å². The van der Waals surface area contributed by atoms with Gasteiger partial charge < -0.3 is 0 Å². The first-order chi connectivity index (χ1) is 6.18. The van der Waals surface area contributed by atoms with Crippen LogP contribution in [-0.4, -0.2) is 4.98 Å². The lowest BCUT2D eigenvalue weighted by Gasteiger charge is -2.07. The Kier molecular flexibility index (Phi) is 1.94. The topological polar surface area (TPSA) is 36.7 Å². The summed E-state index contributed by atoms with van der Waals surface area (Å²) in [4.78, 5) is 3.92. The second-order valence-electron chi connectivity index (χ2n) is 3.18. The van der Waals surface area contributed by atoms with E-state index in [1.165, 1.54) is 0 Å². The molecule has 0 atom stereocenters. The molecule has 13 heavy (non-hydrogen) atoms. The van der Waals surface area contributed by atoms with E-state index in [2.05, 4.69) is 11.1 Å². The van der Waals surface area contributed by atoms with Crippen LogP contribution in [0.2, 0.25) is 10.2 Å². The number of nitriles is 1. The molecular formula is C9H6Cl2N2. The summed E-state index contributed by atoms with van der Waals surface area (Å²) < 4.78 is 0. The van der Waals surface area contributed by atoms with E-state index in [1.54, 1.807) is 12.3 Å². The summed E-state index contributed by atoms with van der Waals surface area (Å²) in [6, 6.07) is 3.84. The molecule has 0 bridgehead atoms. The monoisotopic (exact) mass is 212 g/mol. The summed E-state index contributed by atoms with van der Waals surface area (Å²) in [5, 5.41) is 9.84. The molecule has 1 aromatic heterocycles. The van der Waals surface area contributed by atoms with Gasteiger partial charge in [0.1, 0.15) is 5.15 Å². The van der Waals surface area contributed by atoms with Crippen molar-refractivity contribution >= 4 is 23.2 Å². The van der Waals surface area contributed by atoms with Gasteiger partial charge in [0.05, 0.1) is 11.5 Å². The maximum atomic E-state index is 8.93. The van der Waals surface area contributed by atoms with E-state index in [1.807, 2.05) is 0 Å². The van der Waals surface area contributed by atoms with Gasteiger partial charge in [-0.05, 0) is 18.9 Å². The van der Waals surface area contributed by atoms with Crippen molar-refractivity contribution in [2.45, 2.75) is 18.3 Å². The standard InChI is InChI=1S/C9H6Cl2N2/c10-7-3-8(11)13-4-6(7)9(5-12)1-2-9/h3-4H,1-2H2. The van der Waals surface area contributed by atoms with E-state index in [0.717, 1.165) is 18.4 Å². The highest BCUT2D eigenvalue weighted by atomic mass is 35.5. The van der Waals surface area contributed by atoms with E-state index >= 15 is 0 Å². The van der Waals surface area contributed by atoms with Crippen LogP contribution in [0.5, 0.6) is 0 Å². The quantitative estimate of drug-likeness (QED) is 0.672. The van der Waals surface area contributed by atoms with Gasteiger partial charge in [0.2, 0.25) is 0 Å². The summed E-state index contributed by atoms with van der Waals surface area (Å²) in [5.74, 6) is 0. The molecule has 0 N–H and O–H groups in total. The fraction of sp³-hybridized carbons (Fsp3) is 0.333. The summed E-state index contributed by atoms with van der Waals surface area (Å²) in [6.07, 6.45) is 3.33. The molecule has 0 aliphatic heterocycles. The molecule has 2 rings (SSSR count). The van der Waals surface area contributed by atoms with Crippen LogP contribution < -0.4 is 0 Å². The van der Waals surface area contributed by atoms with Crippen molar-refractivity contribution in [2.24, 2.45) is 0 Å². The Morgan fingerprint density at radius 2 is 2.15 bits per heavy atom. The number of pyridine rings is 1. The third kappa shape index (κ3) is 1.39. The van der Waals surface area contributed by atoms with Gasteiger partial charge in [0.15, 0.2) is 0 Å². The molecule has 0 saturated heterocycles. The first kappa shape index (κ1) is 8.80. The Morgan fingerprint density at radius 3 is 2.62 bits per heavy atom. The fourth-order valence-corrected chi connectivity index (χ4v) is 1.87. The van der Waals surface area contributed by atoms with Crippen LogP contribution in [0.15, 0.2) is 12.3 Å². The summed E-state index contributed by atoms with van der Waals surface area (Å²) in [7, 11) is 0. The van der Waals surface area contributed by atoms with Crippen LogP contribution in [-0.2, 0) is 5.41 Å². The van der Waals surface area contributed by atoms with Crippen LogP contribution in [0.25, 0.3) is 0 Å². The molecular weight excluding hydrogens is 207 g/mol. The highest BCUT2D eigenvalue weighted by Crippen LogP contribution is 2.49. The van der Waals surface area contributed by atoms with E-state index < -0.39 is 0 Å². The van der Waals surface area contributed by atoms with Gasteiger partial charge in [-0.2, -0.15) is 5.26 Å². The molecule has 1 aromatic rings. The molecule has 2 nitrogen and oxygen atoms in total. The smallest absolute Gasteiger partial charge is 0.130 e. The van der Waals surface area contributed by atoms with Gasteiger partial charge in [0, 0.05) is 16.8 Å². The molecule has 1 aliphatic carbocycles. The average molecular weight is 213 g/mol. The van der Waals surface area contributed by atoms with Crippen LogP contribution in [0.3, 0.4) is 0 Å². The molecule has 0 amide bonds. The van der Waals surface area contributed by atoms with Crippen LogP contribution in [0, 0.1) is 11.3 Å². The summed E-state index contributed by atoms with van der Waals surface area (Å²) in [5.41, 5.74) is 0.426. The van der Waals surface area contributed by atoms with Gasteiger partial charge in [-0.1, -0.05) is 23.2 Å². The minimum absolute atomic E-state index is 0.363. The number of hydrogen-bond acceptors (Lipinski definition) is 2. The first-order valence-electron chi connectivity index (χ1n) is 3.91. The molecule has 1 saturated carbocycles. The summed E-state index contributed by atoms with van der Waals surface area (Å²) >= 11 is 11.6. The van der Waals surface area contributed by atoms with Crippen LogP contribution >= 0.6 is 23.2 Å². The molecule has 0 radical (unpaired) electrons. The molecule has 0 unspecified atom stereocenters. The zero-order chi connectivity index (χ0) is 9.47. The van der Waals surface area contributed by atoms with E-state index in [9.17, 15) is 0 Å². The lowest BCUT2D eigenvalue weighted by atomic mass is 10.00. The number of hydrogen-bond donors (Lipinski definition) is 0. The summed E-state index contributed by atoms with van der Waals surface area (Å²) in [6.45, 7) is 0. The predicted molar refractivity (Wildman–Crippen MR) is 50.8 cm³/mol. The third-order valence-electron chi connectivity index (χ3n) is 2.30. The van der Waals surface area contributed by atoms with Gasteiger partial charge in [-0.3, -0.25) is 0 Å². The van der Waals surface area contributed by atoms with Gasteiger partial charge in [-0.15, -0.1) is 0 Å². The number of halogens is 2. The Bertz CT molecular complexity index is 391. The normalized spacial score (nSPS) is 17.9. The SMILES string of the molecule is N#CC1(c2cnc(Cl)cc2Cl)CC1. The Balaban J connectivity index is 2.48. The van der Waals surface area contributed by atoms with Crippen molar-refractivity contribution in [1.29, 1.82) is 5.26 Å². The molecule has 1 aliphatic rings. The third-order valence-corrected chi connectivity index (χ3v) is 2.82. The predicted octanol–water partition coefficient (Wildman–Crippen LogP) is 2.94. The van der Waals surface area contributed by atoms with Gasteiger partial charge in [-0.25, -0.2) is 4.98 Å². The zero-order valence-corrected chi connectivity index (χ0v) is 8.23. The Labute approximate surface area is 86.1 Å². The van der Waals surface area contributed by atoms with Crippen molar-refractivity contribution in [3.05, 3.63) is 28.0 Å². The Hall–Kier alpha value is -0.780. The second-order valence-corrected chi connectivity index (χ2v) is 3.98. The maximum absolute atomic E-state index is 8.93. The Morgan fingerprint density at radius 1 is 1.46 bits per heavy atom. The molecule has 1 fully saturated rings. The molecule has 1 heterocycles. The molecule has 0 aromatic carbocycles. The van der Waals surface area contributed by atoms with Crippen molar-refractivity contribution in [1.82, 2.24) is 4.98 Å². The van der Waals surface area contributed by atoms with E-state index in [-0.39, 0.29) is 5.41 Å².